The van der Waals surface area contributed by atoms with E-state index in [2.05, 4.69) is 173 Å². The van der Waals surface area contributed by atoms with Crippen LogP contribution in [-0.2, 0) is 0 Å². The van der Waals surface area contributed by atoms with Crippen molar-refractivity contribution >= 4 is 87.9 Å². The molecule has 0 spiro atoms. The lowest BCUT2D eigenvalue weighted by Crippen LogP contribution is -2.12. The predicted molar refractivity (Wildman–Crippen MR) is 206 cm³/mol. The maximum Gasteiger partial charge on any atom is 0.159 e. The van der Waals surface area contributed by atoms with Gasteiger partial charge in [-0.3, -0.25) is 0 Å². The van der Waals surface area contributed by atoms with E-state index in [-0.39, 0.29) is 0 Å². The van der Waals surface area contributed by atoms with Crippen molar-refractivity contribution in [2.45, 2.75) is 0 Å². The summed E-state index contributed by atoms with van der Waals surface area (Å²) in [6.45, 7) is 0. The van der Waals surface area contributed by atoms with Gasteiger partial charge in [0.15, 0.2) is 5.58 Å². The highest BCUT2D eigenvalue weighted by molar-refractivity contribution is 6.25. The third-order valence-electron chi connectivity index (χ3n) is 10.3. The molecule has 0 aliphatic heterocycles. The second kappa shape index (κ2) is 9.96. The third-order valence-corrected chi connectivity index (χ3v) is 10.3. The zero-order chi connectivity index (χ0) is 32.1. The first-order chi connectivity index (χ1) is 24.3. The van der Waals surface area contributed by atoms with Crippen LogP contribution in [0.1, 0.15) is 0 Å². The summed E-state index contributed by atoms with van der Waals surface area (Å²) in [6, 6.07) is 61.3. The number of hydrogen-bond acceptors (Lipinski definition) is 2. The third kappa shape index (κ3) is 3.67. The summed E-state index contributed by atoms with van der Waals surface area (Å²) in [6.07, 6.45) is 0. The monoisotopic (exact) mass is 624 g/mol. The predicted octanol–water partition coefficient (Wildman–Crippen LogP) is 13.0. The van der Waals surface area contributed by atoms with Gasteiger partial charge in [-0.1, -0.05) is 133 Å². The summed E-state index contributed by atoms with van der Waals surface area (Å²) in [5.41, 5.74) is 11.0. The van der Waals surface area contributed by atoms with E-state index in [1.54, 1.807) is 0 Å². The van der Waals surface area contributed by atoms with E-state index in [1.165, 1.54) is 48.9 Å². The van der Waals surface area contributed by atoms with Crippen LogP contribution in [0.15, 0.2) is 174 Å². The van der Waals surface area contributed by atoms with Gasteiger partial charge in [0.1, 0.15) is 5.58 Å². The molecule has 3 aromatic heterocycles. The van der Waals surface area contributed by atoms with E-state index in [0.717, 1.165) is 50.1 Å². The number of nitrogens with zero attached hydrogens (tertiary/aromatic N) is 2. The van der Waals surface area contributed by atoms with E-state index in [0.29, 0.717) is 0 Å². The lowest BCUT2D eigenvalue weighted by atomic mass is 9.96. The number of rotatable bonds is 4. The Morgan fingerprint density at radius 3 is 1.82 bits per heavy atom. The molecule has 0 aliphatic carbocycles. The number of anilines is 3. The average Bonchev–Trinajstić information content (AvgIpc) is 3.83. The fourth-order valence-electron chi connectivity index (χ4n) is 8.21. The van der Waals surface area contributed by atoms with E-state index < -0.39 is 0 Å². The smallest absolute Gasteiger partial charge is 0.159 e. The van der Waals surface area contributed by atoms with Crippen LogP contribution in [-0.4, -0.2) is 4.40 Å². The van der Waals surface area contributed by atoms with Crippen LogP contribution < -0.4 is 4.90 Å². The minimum atomic E-state index is 0.870. The molecule has 11 rings (SSSR count). The Morgan fingerprint density at radius 1 is 0.449 bits per heavy atom. The molecule has 0 saturated heterocycles. The summed E-state index contributed by atoms with van der Waals surface area (Å²) >= 11 is 0. The van der Waals surface area contributed by atoms with Crippen molar-refractivity contribution in [1.29, 1.82) is 0 Å². The van der Waals surface area contributed by atoms with Gasteiger partial charge >= 0.3 is 0 Å². The molecule has 11 aromatic rings. The molecule has 228 valence electrons. The SMILES string of the molecule is c1ccc(-c2ccc3ccccc3c2N(c2cc3c4ccccc4n4c5ccccc5c(c2)c34)c2cccc3c2oc2ccccc23)cc1. The molecule has 0 saturated carbocycles. The molecular formula is C46H28N2O. The lowest BCUT2D eigenvalue weighted by Gasteiger charge is -2.29. The molecule has 0 aliphatic rings. The van der Waals surface area contributed by atoms with Crippen LogP contribution in [0.5, 0.6) is 0 Å². The molecular weight excluding hydrogens is 597 g/mol. The summed E-state index contributed by atoms with van der Waals surface area (Å²) < 4.78 is 9.23. The Hall–Kier alpha value is -6.58. The van der Waals surface area contributed by atoms with Gasteiger partial charge in [-0.25, -0.2) is 0 Å². The summed E-state index contributed by atoms with van der Waals surface area (Å²) in [7, 11) is 0. The molecule has 0 radical (unpaired) electrons. The topological polar surface area (TPSA) is 20.8 Å². The van der Waals surface area contributed by atoms with Crippen molar-refractivity contribution in [2.75, 3.05) is 4.90 Å². The molecule has 8 aromatic carbocycles. The van der Waals surface area contributed by atoms with Crippen LogP contribution in [0, 0.1) is 0 Å². The quantitative estimate of drug-likeness (QED) is 0.194. The first-order valence-electron chi connectivity index (χ1n) is 16.8. The number of hydrogen-bond donors (Lipinski definition) is 0. The van der Waals surface area contributed by atoms with Crippen LogP contribution in [0.25, 0.3) is 81.9 Å². The number of aromatic nitrogens is 1. The summed E-state index contributed by atoms with van der Waals surface area (Å²) in [5.74, 6) is 0. The van der Waals surface area contributed by atoms with Crippen molar-refractivity contribution in [1.82, 2.24) is 4.40 Å². The fraction of sp³-hybridized carbons (Fsp3) is 0. The van der Waals surface area contributed by atoms with E-state index in [9.17, 15) is 0 Å². The van der Waals surface area contributed by atoms with Crippen molar-refractivity contribution in [2.24, 2.45) is 0 Å². The normalized spacial score (nSPS) is 12.1. The second-order valence-electron chi connectivity index (χ2n) is 12.9. The van der Waals surface area contributed by atoms with Gasteiger partial charge < -0.3 is 13.7 Å². The fourth-order valence-corrected chi connectivity index (χ4v) is 8.21. The van der Waals surface area contributed by atoms with Gasteiger partial charge in [-0.05, 0) is 47.3 Å². The molecule has 0 atom stereocenters. The average molecular weight is 625 g/mol. The Labute approximate surface area is 281 Å². The molecule has 3 heterocycles. The molecule has 0 bridgehead atoms. The number of benzene rings is 8. The Balaban J connectivity index is 1.34. The van der Waals surface area contributed by atoms with Crippen LogP contribution in [0.2, 0.25) is 0 Å². The van der Waals surface area contributed by atoms with Gasteiger partial charge in [0.05, 0.1) is 27.9 Å². The van der Waals surface area contributed by atoms with Gasteiger partial charge in [0.2, 0.25) is 0 Å². The largest absolute Gasteiger partial charge is 0.454 e. The standard InChI is InChI=1S/C46H28N2O/c1-2-13-29(14-3-1)33-26-25-30-15-4-5-16-32(30)44(33)47(42-23-12-20-37-36-19-8-11-24-43(36)49-46(37)42)31-27-38-34-17-6-9-21-40(34)48-41-22-10-7-18-35(41)39(28-31)45(38)48/h1-28H. The van der Waals surface area contributed by atoms with Crippen LogP contribution in [0.4, 0.5) is 17.1 Å². The minimum absolute atomic E-state index is 0.870. The van der Waals surface area contributed by atoms with E-state index >= 15 is 0 Å². The highest BCUT2D eigenvalue weighted by Crippen LogP contribution is 2.50. The van der Waals surface area contributed by atoms with Gasteiger partial charge in [-0.15, -0.1) is 0 Å². The number of fused-ring (bicyclic) bond motifs is 10. The Kier molecular flexibility index (Phi) is 5.38. The van der Waals surface area contributed by atoms with E-state index in [1.807, 2.05) is 6.07 Å². The molecule has 0 fully saturated rings. The molecule has 3 nitrogen and oxygen atoms in total. The molecule has 0 N–H and O–H groups in total. The van der Waals surface area contributed by atoms with Crippen molar-refractivity contribution in [3.8, 4) is 11.1 Å². The lowest BCUT2D eigenvalue weighted by molar-refractivity contribution is 0.669. The maximum absolute atomic E-state index is 6.79. The summed E-state index contributed by atoms with van der Waals surface area (Å²) in [4.78, 5) is 2.46. The van der Waals surface area contributed by atoms with Crippen molar-refractivity contribution in [3.63, 3.8) is 0 Å². The Morgan fingerprint density at radius 2 is 1.06 bits per heavy atom. The summed E-state index contributed by atoms with van der Waals surface area (Å²) in [5, 5.41) is 9.56. The Bertz CT molecular complexity index is 2980. The number of para-hydroxylation sites is 4. The first-order valence-corrected chi connectivity index (χ1v) is 16.8. The zero-order valence-corrected chi connectivity index (χ0v) is 26.5. The van der Waals surface area contributed by atoms with Crippen LogP contribution in [0.3, 0.4) is 0 Å². The first kappa shape index (κ1) is 26.5. The van der Waals surface area contributed by atoms with Gasteiger partial charge in [0.25, 0.3) is 0 Å². The number of furan rings is 1. The molecule has 0 unspecified atom stereocenters. The van der Waals surface area contributed by atoms with Gasteiger partial charge in [0, 0.05) is 49.0 Å². The minimum Gasteiger partial charge on any atom is -0.454 e. The van der Waals surface area contributed by atoms with Crippen molar-refractivity contribution < 1.29 is 4.42 Å². The molecule has 3 heteroatoms. The highest BCUT2D eigenvalue weighted by Gasteiger charge is 2.26. The zero-order valence-electron chi connectivity index (χ0n) is 26.5. The van der Waals surface area contributed by atoms with E-state index in [4.69, 9.17) is 4.42 Å². The van der Waals surface area contributed by atoms with Crippen LogP contribution >= 0.6 is 0 Å². The second-order valence-corrected chi connectivity index (χ2v) is 12.9. The highest BCUT2D eigenvalue weighted by atomic mass is 16.3. The van der Waals surface area contributed by atoms with Crippen molar-refractivity contribution in [3.05, 3.63) is 170 Å². The maximum atomic E-state index is 6.79. The molecule has 0 amide bonds. The van der Waals surface area contributed by atoms with Gasteiger partial charge in [-0.2, -0.15) is 0 Å². The molecule has 49 heavy (non-hydrogen) atoms.